The summed E-state index contributed by atoms with van der Waals surface area (Å²) >= 11 is 1.98. The summed E-state index contributed by atoms with van der Waals surface area (Å²) < 4.78 is 0. The van der Waals surface area contributed by atoms with Gasteiger partial charge in [0.1, 0.15) is 0 Å². The second-order valence-corrected chi connectivity index (χ2v) is 7.23. The second kappa shape index (κ2) is 5.50. The number of aliphatic hydroxyl groups is 1. The van der Waals surface area contributed by atoms with Crippen LogP contribution >= 0.6 is 11.8 Å². The van der Waals surface area contributed by atoms with Gasteiger partial charge in [-0.2, -0.15) is 11.8 Å². The van der Waals surface area contributed by atoms with Gasteiger partial charge in [0.15, 0.2) is 0 Å². The molecule has 1 aliphatic heterocycles. The summed E-state index contributed by atoms with van der Waals surface area (Å²) in [4.78, 5) is 0. The van der Waals surface area contributed by atoms with Gasteiger partial charge in [-0.05, 0) is 49.5 Å². The van der Waals surface area contributed by atoms with E-state index in [0.717, 1.165) is 49.5 Å². The van der Waals surface area contributed by atoms with E-state index in [0.29, 0.717) is 0 Å². The molecule has 2 aliphatic rings. The van der Waals surface area contributed by atoms with Crippen LogP contribution < -0.4 is 5.73 Å². The molecule has 1 heterocycles. The van der Waals surface area contributed by atoms with Crippen LogP contribution in [0.15, 0.2) is 0 Å². The van der Waals surface area contributed by atoms with Crippen LogP contribution in [0, 0.1) is 5.92 Å². The molecule has 100 valence electrons. The zero-order valence-corrected chi connectivity index (χ0v) is 11.9. The van der Waals surface area contributed by atoms with Gasteiger partial charge in [-0.1, -0.05) is 26.2 Å². The number of nitrogens with two attached hydrogens (primary N) is 1. The average molecular weight is 257 g/mol. The first-order valence-corrected chi connectivity index (χ1v) is 8.34. The number of hydrogen-bond donors (Lipinski definition) is 2. The zero-order valence-electron chi connectivity index (χ0n) is 11.1. The fourth-order valence-electron chi connectivity index (χ4n) is 3.50. The Labute approximate surface area is 110 Å². The Morgan fingerprint density at radius 1 is 1.18 bits per heavy atom. The topological polar surface area (TPSA) is 46.2 Å². The van der Waals surface area contributed by atoms with Crippen LogP contribution in [0.2, 0.25) is 0 Å². The molecule has 2 rings (SSSR count). The first kappa shape index (κ1) is 13.7. The van der Waals surface area contributed by atoms with Crippen molar-refractivity contribution in [1.29, 1.82) is 0 Å². The number of rotatable bonds is 2. The summed E-state index contributed by atoms with van der Waals surface area (Å²) in [5.74, 6) is 3.05. The van der Waals surface area contributed by atoms with Gasteiger partial charge in [0.05, 0.1) is 5.60 Å². The highest BCUT2D eigenvalue weighted by Crippen LogP contribution is 2.43. The molecule has 2 atom stereocenters. The lowest BCUT2D eigenvalue weighted by Crippen LogP contribution is -2.62. The van der Waals surface area contributed by atoms with Crippen molar-refractivity contribution >= 4 is 11.8 Å². The van der Waals surface area contributed by atoms with Crippen LogP contribution in [0.4, 0.5) is 0 Å². The van der Waals surface area contributed by atoms with Crippen molar-refractivity contribution in [3.8, 4) is 0 Å². The number of thioether (sulfide) groups is 1. The van der Waals surface area contributed by atoms with Gasteiger partial charge in [-0.25, -0.2) is 0 Å². The summed E-state index contributed by atoms with van der Waals surface area (Å²) in [6.45, 7) is 2.27. The van der Waals surface area contributed by atoms with Crippen molar-refractivity contribution in [2.24, 2.45) is 11.7 Å². The van der Waals surface area contributed by atoms with E-state index >= 15 is 0 Å². The Morgan fingerprint density at radius 2 is 1.88 bits per heavy atom. The third-order valence-corrected chi connectivity index (χ3v) is 6.04. The minimum absolute atomic E-state index is 0.305. The van der Waals surface area contributed by atoms with E-state index in [1.54, 1.807) is 0 Å². The van der Waals surface area contributed by atoms with Crippen LogP contribution in [0.5, 0.6) is 0 Å². The summed E-state index contributed by atoms with van der Waals surface area (Å²) in [6.07, 6.45) is 8.68. The minimum Gasteiger partial charge on any atom is -0.388 e. The van der Waals surface area contributed by atoms with Gasteiger partial charge in [0.2, 0.25) is 0 Å². The Balaban J connectivity index is 2.06. The van der Waals surface area contributed by atoms with Crippen LogP contribution in [-0.2, 0) is 0 Å². The highest BCUT2D eigenvalue weighted by Gasteiger charge is 2.48. The fraction of sp³-hybridized carbons (Fsp3) is 1.00. The second-order valence-electron chi connectivity index (χ2n) is 6.01. The molecule has 2 nitrogen and oxygen atoms in total. The van der Waals surface area contributed by atoms with Crippen LogP contribution in [0.25, 0.3) is 0 Å². The van der Waals surface area contributed by atoms with Crippen molar-refractivity contribution in [2.75, 3.05) is 11.5 Å². The molecule has 17 heavy (non-hydrogen) atoms. The molecule has 0 aromatic heterocycles. The molecule has 1 aliphatic carbocycles. The number of hydrogen-bond acceptors (Lipinski definition) is 3. The Kier molecular flexibility index (Phi) is 4.43. The van der Waals surface area contributed by atoms with Gasteiger partial charge in [0, 0.05) is 5.54 Å². The molecule has 0 bridgehead atoms. The predicted octanol–water partition coefficient (Wildman–Crippen LogP) is 2.93. The molecule has 0 aromatic carbocycles. The van der Waals surface area contributed by atoms with Gasteiger partial charge < -0.3 is 10.8 Å². The first-order valence-electron chi connectivity index (χ1n) is 7.19. The molecule has 3 heteroatoms. The van der Waals surface area contributed by atoms with Crippen molar-refractivity contribution in [2.45, 2.75) is 69.4 Å². The minimum atomic E-state index is -0.585. The lowest BCUT2D eigenvalue weighted by molar-refractivity contribution is -0.0531. The highest BCUT2D eigenvalue weighted by molar-refractivity contribution is 7.99. The smallest absolute Gasteiger partial charge is 0.0827 e. The highest BCUT2D eigenvalue weighted by atomic mass is 32.2. The molecule has 0 amide bonds. The lowest BCUT2D eigenvalue weighted by atomic mass is 9.71. The normalized spacial score (nSPS) is 38.6. The van der Waals surface area contributed by atoms with Crippen LogP contribution in [0.3, 0.4) is 0 Å². The molecule has 1 saturated carbocycles. The van der Waals surface area contributed by atoms with E-state index in [2.05, 4.69) is 6.92 Å². The van der Waals surface area contributed by atoms with E-state index < -0.39 is 5.60 Å². The Hall–Kier alpha value is 0.270. The van der Waals surface area contributed by atoms with Gasteiger partial charge in [0.25, 0.3) is 0 Å². The zero-order chi connectivity index (χ0) is 12.4. The third-order valence-electron chi connectivity index (χ3n) is 5.06. The van der Waals surface area contributed by atoms with E-state index in [9.17, 15) is 5.11 Å². The lowest BCUT2D eigenvalue weighted by Gasteiger charge is -2.47. The SMILES string of the molecule is CCC1CCCC(O)(C2(N)CCSCC2)CC1. The van der Waals surface area contributed by atoms with Crippen molar-refractivity contribution in [3.05, 3.63) is 0 Å². The van der Waals surface area contributed by atoms with Gasteiger partial charge in [-0.3, -0.25) is 0 Å². The molecule has 1 saturated heterocycles. The summed E-state index contributed by atoms with van der Waals surface area (Å²) in [7, 11) is 0. The van der Waals surface area contributed by atoms with Crippen molar-refractivity contribution < 1.29 is 5.11 Å². The Morgan fingerprint density at radius 3 is 2.53 bits per heavy atom. The monoisotopic (exact) mass is 257 g/mol. The summed E-state index contributed by atoms with van der Waals surface area (Å²) in [5.41, 5.74) is 5.67. The standard InChI is InChI=1S/C14H27NOS/c1-2-12-4-3-6-14(16,7-5-12)13(15)8-10-17-11-9-13/h12,16H,2-11,15H2,1H3. The van der Waals surface area contributed by atoms with Crippen molar-refractivity contribution in [1.82, 2.24) is 0 Å². The molecule has 2 fully saturated rings. The molecule has 0 aromatic rings. The van der Waals surface area contributed by atoms with Crippen LogP contribution in [0.1, 0.15) is 58.3 Å². The molecular formula is C14H27NOS. The Bertz CT molecular complexity index is 253. The van der Waals surface area contributed by atoms with Crippen LogP contribution in [-0.4, -0.2) is 27.8 Å². The van der Waals surface area contributed by atoms with Crippen molar-refractivity contribution in [3.63, 3.8) is 0 Å². The average Bonchev–Trinajstić information content (AvgIpc) is 2.53. The molecular weight excluding hydrogens is 230 g/mol. The third kappa shape index (κ3) is 2.82. The molecule has 2 unspecified atom stereocenters. The quantitative estimate of drug-likeness (QED) is 0.748. The maximum Gasteiger partial charge on any atom is 0.0827 e. The van der Waals surface area contributed by atoms with Gasteiger partial charge >= 0.3 is 0 Å². The molecule has 0 spiro atoms. The summed E-state index contributed by atoms with van der Waals surface area (Å²) in [5, 5.41) is 11.0. The maximum absolute atomic E-state index is 11.0. The predicted molar refractivity (Wildman–Crippen MR) is 75.3 cm³/mol. The molecule has 0 radical (unpaired) electrons. The van der Waals surface area contributed by atoms with E-state index in [-0.39, 0.29) is 5.54 Å². The molecule has 3 N–H and O–H groups in total. The summed E-state index contributed by atoms with van der Waals surface area (Å²) in [6, 6.07) is 0. The fourth-order valence-corrected chi connectivity index (χ4v) is 4.72. The first-order chi connectivity index (χ1) is 8.10. The maximum atomic E-state index is 11.0. The van der Waals surface area contributed by atoms with Gasteiger partial charge in [-0.15, -0.1) is 0 Å². The van der Waals surface area contributed by atoms with E-state index in [1.807, 2.05) is 11.8 Å². The largest absolute Gasteiger partial charge is 0.388 e. The van der Waals surface area contributed by atoms with E-state index in [4.69, 9.17) is 5.73 Å². The van der Waals surface area contributed by atoms with E-state index in [1.165, 1.54) is 19.3 Å².